The van der Waals surface area contributed by atoms with Crippen LogP contribution in [-0.4, -0.2) is 28.5 Å². The minimum atomic E-state index is -1.29. The molecule has 4 rings (SSSR count). The molecule has 0 unspecified atom stereocenters. The van der Waals surface area contributed by atoms with Gasteiger partial charge in [-0.3, -0.25) is 4.79 Å². The number of carboxylic acids is 1. The molecule has 0 radical (unpaired) electrons. The molecule has 0 fully saturated rings. The summed E-state index contributed by atoms with van der Waals surface area (Å²) < 4.78 is 6.22. The minimum absolute atomic E-state index is 0.236. The van der Waals surface area contributed by atoms with E-state index in [0.29, 0.717) is 16.0 Å². The van der Waals surface area contributed by atoms with E-state index in [1.807, 2.05) is 22.9 Å². The van der Waals surface area contributed by atoms with Crippen molar-refractivity contribution >= 4 is 45.1 Å². The minimum Gasteiger partial charge on any atom is -0.546 e. The van der Waals surface area contributed by atoms with Gasteiger partial charge in [-0.2, -0.15) is 9.78 Å². The van der Waals surface area contributed by atoms with Gasteiger partial charge >= 0.3 is 0 Å². The number of aromatic nitrogens is 2. The Balaban J connectivity index is 1.61. The number of rotatable bonds is 6. The molecule has 0 N–H and O–H groups in total. The van der Waals surface area contributed by atoms with Crippen LogP contribution in [0.15, 0.2) is 63.4 Å². The van der Waals surface area contributed by atoms with E-state index < -0.39 is 12.6 Å². The summed E-state index contributed by atoms with van der Waals surface area (Å²) in [5.41, 5.74) is 1.35. The van der Waals surface area contributed by atoms with E-state index in [4.69, 9.17) is 4.74 Å². The number of carbonyl (C=O) groups is 1. The highest BCUT2D eigenvalue weighted by Gasteiger charge is 2.13. The maximum absolute atomic E-state index is 12.9. The number of aliphatic carboxylic acids is 1. The summed E-state index contributed by atoms with van der Waals surface area (Å²) in [6.45, 7) is -0.512. The normalized spacial score (nSPS) is 11.3. The molecule has 9 heteroatoms. The van der Waals surface area contributed by atoms with Crippen LogP contribution in [0.25, 0.3) is 20.7 Å². The second-order valence-corrected chi connectivity index (χ2v) is 7.48. The predicted molar refractivity (Wildman–Crippen MR) is 107 cm³/mol. The van der Waals surface area contributed by atoms with Crippen molar-refractivity contribution in [2.45, 2.75) is 0 Å². The number of fused-ring (bicyclic) bond motifs is 1. The zero-order valence-corrected chi connectivity index (χ0v) is 15.9. The van der Waals surface area contributed by atoms with Crippen LogP contribution >= 0.6 is 22.7 Å². The quantitative estimate of drug-likeness (QED) is 0.454. The molecule has 7 nitrogen and oxygen atoms in total. The van der Waals surface area contributed by atoms with Gasteiger partial charge in [0.1, 0.15) is 23.5 Å². The molecule has 0 aliphatic heterocycles. The van der Waals surface area contributed by atoms with Crippen molar-refractivity contribution in [1.82, 2.24) is 9.66 Å². The fraction of sp³-hybridized carbons (Fsp3) is 0.0526. The molecule has 28 heavy (non-hydrogen) atoms. The van der Waals surface area contributed by atoms with Crippen LogP contribution in [0.1, 0.15) is 5.56 Å². The third-order valence-corrected chi connectivity index (χ3v) is 5.62. The Labute approximate surface area is 166 Å². The molecule has 0 saturated heterocycles. The second-order valence-electron chi connectivity index (χ2n) is 5.68. The maximum Gasteiger partial charge on any atom is 0.283 e. The molecule has 0 amide bonds. The van der Waals surface area contributed by atoms with Gasteiger partial charge in [0.05, 0.1) is 17.6 Å². The third kappa shape index (κ3) is 3.71. The van der Waals surface area contributed by atoms with Crippen LogP contribution in [0, 0.1) is 0 Å². The van der Waals surface area contributed by atoms with Gasteiger partial charge in [-0.25, -0.2) is 4.98 Å². The van der Waals surface area contributed by atoms with Gasteiger partial charge in [-0.05, 0) is 41.3 Å². The van der Waals surface area contributed by atoms with Gasteiger partial charge in [0.25, 0.3) is 5.56 Å². The van der Waals surface area contributed by atoms with E-state index in [-0.39, 0.29) is 5.56 Å². The number of hydrogen-bond donors (Lipinski definition) is 0. The molecule has 1 aromatic carbocycles. The van der Waals surface area contributed by atoms with Gasteiger partial charge in [0.2, 0.25) is 0 Å². The van der Waals surface area contributed by atoms with Crippen LogP contribution in [-0.2, 0) is 4.79 Å². The van der Waals surface area contributed by atoms with Crippen LogP contribution in [0.5, 0.6) is 5.75 Å². The molecule has 140 valence electrons. The van der Waals surface area contributed by atoms with E-state index in [1.165, 1.54) is 28.6 Å². The molecule has 4 aromatic rings. The Morgan fingerprint density at radius 1 is 1.25 bits per heavy atom. The number of benzene rings is 1. The summed E-state index contributed by atoms with van der Waals surface area (Å²) in [6, 6.07) is 10.5. The SMILES string of the molecule is O=C([O-])COc1ccc(/C=N\n2cnc3scc(-c4cccs4)c3c2=O)cc1. The molecule has 0 spiro atoms. The fourth-order valence-corrected chi connectivity index (χ4v) is 4.26. The van der Waals surface area contributed by atoms with Crippen molar-refractivity contribution < 1.29 is 14.6 Å². The molecule has 0 aliphatic carbocycles. The topological polar surface area (TPSA) is 96.6 Å². The molecule has 0 aliphatic rings. The van der Waals surface area contributed by atoms with E-state index in [0.717, 1.165) is 16.0 Å². The second kappa shape index (κ2) is 7.75. The number of nitrogens with zero attached hydrogens (tertiary/aromatic N) is 3. The zero-order valence-electron chi connectivity index (χ0n) is 14.3. The first-order valence-corrected chi connectivity index (χ1v) is 9.87. The summed E-state index contributed by atoms with van der Waals surface area (Å²) in [4.78, 5) is 29.3. The molecule has 3 aromatic heterocycles. The summed E-state index contributed by atoms with van der Waals surface area (Å²) >= 11 is 3.00. The number of hydrogen-bond acceptors (Lipinski definition) is 8. The van der Waals surface area contributed by atoms with E-state index in [9.17, 15) is 14.7 Å². The summed E-state index contributed by atoms with van der Waals surface area (Å²) in [6.07, 6.45) is 2.92. The lowest BCUT2D eigenvalue weighted by molar-refractivity contribution is -0.307. The average Bonchev–Trinajstić information content (AvgIpc) is 3.36. The summed E-state index contributed by atoms with van der Waals surface area (Å²) in [5, 5.41) is 19.1. The lowest BCUT2D eigenvalue weighted by Gasteiger charge is -2.06. The largest absolute Gasteiger partial charge is 0.546 e. The Morgan fingerprint density at radius 2 is 2.07 bits per heavy atom. The third-order valence-electron chi connectivity index (χ3n) is 3.83. The Morgan fingerprint density at radius 3 is 2.79 bits per heavy atom. The van der Waals surface area contributed by atoms with E-state index in [1.54, 1.807) is 35.6 Å². The van der Waals surface area contributed by atoms with Crippen molar-refractivity contribution in [3.63, 3.8) is 0 Å². The van der Waals surface area contributed by atoms with Crippen LogP contribution in [0.3, 0.4) is 0 Å². The van der Waals surface area contributed by atoms with Crippen LogP contribution < -0.4 is 15.4 Å². The van der Waals surface area contributed by atoms with E-state index in [2.05, 4.69) is 10.1 Å². The highest BCUT2D eigenvalue weighted by molar-refractivity contribution is 7.18. The van der Waals surface area contributed by atoms with E-state index >= 15 is 0 Å². The molecule has 0 saturated carbocycles. The fourth-order valence-electron chi connectivity index (χ4n) is 2.54. The first-order valence-electron chi connectivity index (χ1n) is 8.11. The van der Waals surface area contributed by atoms with Crippen molar-refractivity contribution in [2.75, 3.05) is 6.61 Å². The maximum atomic E-state index is 12.9. The lowest BCUT2D eigenvalue weighted by atomic mass is 10.2. The Bertz CT molecular complexity index is 1210. The Hall–Kier alpha value is -3.30. The first-order chi connectivity index (χ1) is 13.6. The van der Waals surface area contributed by atoms with Gasteiger partial charge in [0, 0.05) is 15.8 Å². The molecule has 0 bridgehead atoms. The molecule has 3 heterocycles. The van der Waals surface area contributed by atoms with Crippen molar-refractivity contribution in [1.29, 1.82) is 0 Å². The van der Waals surface area contributed by atoms with Crippen LogP contribution in [0.2, 0.25) is 0 Å². The van der Waals surface area contributed by atoms with Gasteiger partial charge in [-0.1, -0.05) is 6.07 Å². The molecule has 0 atom stereocenters. The van der Waals surface area contributed by atoms with Gasteiger partial charge < -0.3 is 14.6 Å². The summed E-state index contributed by atoms with van der Waals surface area (Å²) in [5.74, 6) is -0.885. The first kappa shape index (κ1) is 18.1. The zero-order chi connectivity index (χ0) is 19.5. The van der Waals surface area contributed by atoms with Crippen molar-refractivity contribution in [3.8, 4) is 16.2 Å². The van der Waals surface area contributed by atoms with Crippen molar-refractivity contribution in [2.24, 2.45) is 5.10 Å². The van der Waals surface area contributed by atoms with Crippen LogP contribution in [0.4, 0.5) is 0 Å². The smallest absolute Gasteiger partial charge is 0.283 e. The molecular formula is C19H12N3O4S2-. The number of carboxylic acid groups (broad SMARTS) is 1. The highest BCUT2D eigenvalue weighted by Crippen LogP contribution is 2.33. The highest BCUT2D eigenvalue weighted by atomic mass is 32.1. The summed E-state index contributed by atoms with van der Waals surface area (Å²) in [7, 11) is 0. The molecular weight excluding hydrogens is 398 g/mol. The average molecular weight is 410 g/mol. The van der Waals surface area contributed by atoms with Crippen molar-refractivity contribution in [3.05, 3.63) is 69.4 Å². The van der Waals surface area contributed by atoms with Gasteiger partial charge in [-0.15, -0.1) is 22.7 Å². The predicted octanol–water partition coefficient (Wildman–Crippen LogP) is 2.20. The number of carbonyl (C=O) groups excluding carboxylic acids is 1. The lowest BCUT2D eigenvalue weighted by Crippen LogP contribution is -2.28. The van der Waals surface area contributed by atoms with Gasteiger partial charge in [0.15, 0.2) is 0 Å². The Kier molecular flexibility index (Phi) is 5.00. The standard InChI is InChI=1S/C19H13N3O4S2/c23-16(24)9-26-13-5-3-12(4-6-13)8-21-22-11-20-18-17(19(22)25)14(10-28-18)15-2-1-7-27-15/h1-8,10-11H,9H2,(H,23,24)/p-1/b21-8-. The monoisotopic (exact) mass is 410 g/mol. The number of ether oxygens (including phenoxy) is 1. The number of thiophene rings is 2.